The maximum absolute atomic E-state index is 12.1. The van der Waals surface area contributed by atoms with Crippen LogP contribution < -0.4 is 10.5 Å². The fourth-order valence-corrected chi connectivity index (χ4v) is 2.73. The van der Waals surface area contributed by atoms with E-state index in [4.69, 9.17) is 17.3 Å². The second-order valence-corrected chi connectivity index (χ2v) is 5.94. The van der Waals surface area contributed by atoms with Crippen molar-refractivity contribution < 1.29 is 13.2 Å². The zero-order valence-corrected chi connectivity index (χ0v) is 11.6. The molecule has 0 unspecified atom stereocenters. The van der Waals surface area contributed by atoms with E-state index in [1.165, 1.54) is 42.7 Å². The van der Waals surface area contributed by atoms with Crippen molar-refractivity contribution in [2.75, 3.05) is 4.72 Å². The van der Waals surface area contributed by atoms with E-state index in [1.54, 1.807) is 0 Å². The molecular weight excluding hydrogens is 302 g/mol. The Hall–Kier alpha value is -2.12. The SMILES string of the molecule is NC(=O)c1ccc(S(=O)(=O)Nc2cnccc2Cl)cc1. The zero-order valence-electron chi connectivity index (χ0n) is 10.1. The first-order valence-corrected chi connectivity index (χ1v) is 7.28. The topological polar surface area (TPSA) is 102 Å². The Bertz CT molecular complexity index is 745. The molecular formula is C12H10ClN3O3S. The van der Waals surface area contributed by atoms with Gasteiger partial charge in [0.25, 0.3) is 10.0 Å². The standard InChI is InChI=1S/C12H10ClN3O3S/c13-10-5-6-15-7-11(10)16-20(18,19)9-3-1-8(2-4-9)12(14)17/h1-7,16H,(H2,14,17). The van der Waals surface area contributed by atoms with Crippen molar-refractivity contribution in [3.63, 3.8) is 0 Å². The van der Waals surface area contributed by atoms with Crippen molar-refractivity contribution in [1.82, 2.24) is 4.98 Å². The Morgan fingerprint density at radius 3 is 2.40 bits per heavy atom. The van der Waals surface area contributed by atoms with Gasteiger partial charge >= 0.3 is 0 Å². The van der Waals surface area contributed by atoms with Gasteiger partial charge in [0.05, 0.1) is 21.8 Å². The molecule has 20 heavy (non-hydrogen) atoms. The second-order valence-electron chi connectivity index (χ2n) is 3.85. The first-order valence-electron chi connectivity index (χ1n) is 5.42. The van der Waals surface area contributed by atoms with Gasteiger partial charge in [-0.25, -0.2) is 8.42 Å². The van der Waals surface area contributed by atoms with Gasteiger partial charge in [0.1, 0.15) is 0 Å². The maximum atomic E-state index is 12.1. The van der Waals surface area contributed by atoms with E-state index < -0.39 is 15.9 Å². The first kappa shape index (κ1) is 14.3. The number of carbonyl (C=O) groups is 1. The van der Waals surface area contributed by atoms with Crippen LogP contribution in [0.2, 0.25) is 5.02 Å². The molecule has 0 saturated heterocycles. The quantitative estimate of drug-likeness (QED) is 0.895. The maximum Gasteiger partial charge on any atom is 0.261 e. The zero-order chi connectivity index (χ0) is 14.8. The van der Waals surface area contributed by atoms with Gasteiger partial charge in [0.15, 0.2) is 0 Å². The smallest absolute Gasteiger partial charge is 0.261 e. The van der Waals surface area contributed by atoms with E-state index >= 15 is 0 Å². The fraction of sp³-hybridized carbons (Fsp3) is 0. The fourth-order valence-electron chi connectivity index (χ4n) is 1.45. The Morgan fingerprint density at radius 2 is 1.85 bits per heavy atom. The number of rotatable bonds is 4. The number of benzene rings is 1. The number of pyridine rings is 1. The highest BCUT2D eigenvalue weighted by Crippen LogP contribution is 2.23. The molecule has 1 heterocycles. The average molecular weight is 312 g/mol. The van der Waals surface area contributed by atoms with Crippen LogP contribution in [0.1, 0.15) is 10.4 Å². The van der Waals surface area contributed by atoms with Gasteiger partial charge in [-0.1, -0.05) is 11.6 Å². The van der Waals surface area contributed by atoms with Gasteiger partial charge in [-0.2, -0.15) is 0 Å². The van der Waals surface area contributed by atoms with Crippen LogP contribution in [-0.4, -0.2) is 19.3 Å². The molecule has 6 nitrogen and oxygen atoms in total. The van der Waals surface area contributed by atoms with Crippen molar-refractivity contribution >= 4 is 33.2 Å². The minimum atomic E-state index is -3.80. The van der Waals surface area contributed by atoms with Gasteiger partial charge in [-0.15, -0.1) is 0 Å². The van der Waals surface area contributed by atoms with Crippen LogP contribution in [0, 0.1) is 0 Å². The molecule has 1 aromatic carbocycles. The average Bonchev–Trinajstić information content (AvgIpc) is 2.41. The van der Waals surface area contributed by atoms with Gasteiger partial charge in [0.2, 0.25) is 5.91 Å². The number of hydrogen-bond acceptors (Lipinski definition) is 4. The van der Waals surface area contributed by atoms with Gasteiger partial charge in [-0.3, -0.25) is 14.5 Å². The summed E-state index contributed by atoms with van der Waals surface area (Å²) in [7, 11) is -3.80. The largest absolute Gasteiger partial charge is 0.366 e. The highest BCUT2D eigenvalue weighted by molar-refractivity contribution is 7.92. The number of nitrogens with zero attached hydrogens (tertiary/aromatic N) is 1. The van der Waals surface area contributed by atoms with Crippen LogP contribution in [0.25, 0.3) is 0 Å². The van der Waals surface area contributed by atoms with Gasteiger partial charge in [-0.05, 0) is 30.3 Å². The van der Waals surface area contributed by atoms with Crippen LogP contribution in [-0.2, 0) is 10.0 Å². The molecule has 2 aromatic rings. The van der Waals surface area contributed by atoms with Crippen LogP contribution in [0.15, 0.2) is 47.6 Å². The first-order chi connectivity index (χ1) is 9.40. The molecule has 0 bridgehead atoms. The highest BCUT2D eigenvalue weighted by Gasteiger charge is 2.16. The minimum absolute atomic E-state index is 0.0116. The predicted molar refractivity (Wildman–Crippen MR) is 75.0 cm³/mol. The lowest BCUT2D eigenvalue weighted by Crippen LogP contribution is -2.15. The van der Waals surface area contributed by atoms with E-state index in [1.807, 2.05) is 0 Å². The Morgan fingerprint density at radius 1 is 1.20 bits per heavy atom. The summed E-state index contributed by atoms with van der Waals surface area (Å²) in [4.78, 5) is 14.7. The molecule has 0 spiro atoms. The molecule has 3 N–H and O–H groups in total. The Labute approximate surface area is 120 Å². The summed E-state index contributed by atoms with van der Waals surface area (Å²) < 4.78 is 26.6. The third-order valence-corrected chi connectivity index (χ3v) is 4.17. The number of aromatic nitrogens is 1. The van der Waals surface area contributed by atoms with E-state index in [0.717, 1.165) is 0 Å². The van der Waals surface area contributed by atoms with Crippen molar-refractivity contribution in [2.45, 2.75) is 4.90 Å². The molecule has 0 aliphatic carbocycles. The molecule has 2 rings (SSSR count). The summed E-state index contributed by atoms with van der Waals surface area (Å²) in [6.07, 6.45) is 2.75. The molecule has 0 fully saturated rings. The van der Waals surface area contributed by atoms with E-state index in [2.05, 4.69) is 9.71 Å². The molecule has 0 atom stereocenters. The van der Waals surface area contributed by atoms with Crippen molar-refractivity contribution in [2.24, 2.45) is 5.73 Å². The van der Waals surface area contributed by atoms with Crippen LogP contribution in [0.4, 0.5) is 5.69 Å². The summed E-state index contributed by atoms with van der Waals surface area (Å²) in [5.41, 5.74) is 5.49. The lowest BCUT2D eigenvalue weighted by molar-refractivity contribution is 0.1000. The van der Waals surface area contributed by atoms with Crippen molar-refractivity contribution in [3.8, 4) is 0 Å². The number of nitrogens with one attached hydrogen (secondary N) is 1. The Kier molecular flexibility index (Phi) is 3.91. The molecule has 104 valence electrons. The monoisotopic (exact) mass is 311 g/mol. The van der Waals surface area contributed by atoms with E-state index in [0.29, 0.717) is 0 Å². The lowest BCUT2D eigenvalue weighted by atomic mass is 10.2. The third kappa shape index (κ3) is 3.06. The molecule has 0 aliphatic rings. The minimum Gasteiger partial charge on any atom is -0.366 e. The van der Waals surface area contributed by atoms with Crippen LogP contribution >= 0.6 is 11.6 Å². The Balaban J connectivity index is 2.31. The highest BCUT2D eigenvalue weighted by atomic mass is 35.5. The van der Waals surface area contributed by atoms with Gasteiger partial charge < -0.3 is 5.73 Å². The lowest BCUT2D eigenvalue weighted by Gasteiger charge is -2.09. The number of anilines is 1. The van der Waals surface area contributed by atoms with Gasteiger partial charge in [0, 0.05) is 11.8 Å². The van der Waals surface area contributed by atoms with E-state index in [9.17, 15) is 13.2 Å². The number of primary amides is 1. The van der Waals surface area contributed by atoms with Crippen molar-refractivity contribution in [1.29, 1.82) is 0 Å². The molecule has 0 saturated carbocycles. The summed E-state index contributed by atoms with van der Waals surface area (Å²) in [6, 6.07) is 6.71. The van der Waals surface area contributed by atoms with E-state index in [-0.39, 0.29) is 21.2 Å². The van der Waals surface area contributed by atoms with Crippen molar-refractivity contribution in [3.05, 3.63) is 53.3 Å². The van der Waals surface area contributed by atoms with Crippen LogP contribution in [0.3, 0.4) is 0 Å². The summed E-state index contributed by atoms with van der Waals surface area (Å²) in [5, 5.41) is 0.234. The number of nitrogens with two attached hydrogens (primary N) is 1. The number of carbonyl (C=O) groups excluding carboxylic acids is 1. The number of sulfonamides is 1. The molecule has 8 heteroatoms. The summed E-state index contributed by atoms with van der Waals surface area (Å²) >= 11 is 5.86. The predicted octanol–water partition coefficient (Wildman–Crippen LogP) is 1.63. The molecule has 0 aliphatic heterocycles. The number of halogens is 1. The normalized spacial score (nSPS) is 11.1. The number of hydrogen-bond donors (Lipinski definition) is 2. The molecule has 0 radical (unpaired) electrons. The number of amides is 1. The van der Waals surface area contributed by atoms with Crippen LogP contribution in [0.5, 0.6) is 0 Å². The second kappa shape index (κ2) is 5.48. The summed E-state index contributed by atoms with van der Waals surface area (Å²) in [5.74, 6) is -0.628. The molecule has 1 amide bonds. The molecule has 1 aromatic heterocycles. The third-order valence-electron chi connectivity index (χ3n) is 2.46. The summed E-state index contributed by atoms with van der Waals surface area (Å²) in [6.45, 7) is 0.